The molecular weight excluding hydrogens is 272 g/mol. The van der Waals surface area contributed by atoms with E-state index in [0.29, 0.717) is 0 Å². The monoisotopic (exact) mass is 286 g/mol. The predicted octanol–water partition coefficient (Wildman–Crippen LogP) is 5.64. The summed E-state index contributed by atoms with van der Waals surface area (Å²) in [6.07, 6.45) is 0. The minimum Gasteiger partial charge on any atom is -0.237 e. The molecule has 0 saturated carbocycles. The molecular formula is C16H14OS2. The Morgan fingerprint density at radius 2 is 1.05 bits per heavy atom. The highest BCUT2D eigenvalue weighted by Gasteiger charge is 2.03. The highest BCUT2D eigenvalue weighted by Crippen LogP contribution is 2.35. The van der Waals surface area contributed by atoms with E-state index in [1.807, 2.05) is 60.7 Å². The number of hydrogen-bond donors (Lipinski definition) is 0. The van der Waals surface area contributed by atoms with Crippen molar-refractivity contribution in [3.8, 4) is 0 Å². The molecule has 0 spiro atoms. The molecule has 1 nitrogen and oxygen atoms in total. The van der Waals surface area contributed by atoms with Crippen LogP contribution >= 0.6 is 24.1 Å². The van der Waals surface area contributed by atoms with Gasteiger partial charge in [-0.15, -0.1) is 0 Å². The molecule has 3 heteroatoms. The standard InChI is InChI=1S/C16H14OS2/c1-13(15-9-5-3-6-10-15)18-17-19-14(2)16-11-7-4-8-12-16/h3-12H,1-2H2. The topological polar surface area (TPSA) is 9.23 Å². The van der Waals surface area contributed by atoms with E-state index < -0.39 is 0 Å². The van der Waals surface area contributed by atoms with Crippen molar-refractivity contribution in [1.82, 2.24) is 0 Å². The van der Waals surface area contributed by atoms with E-state index in [-0.39, 0.29) is 0 Å². The van der Waals surface area contributed by atoms with Gasteiger partial charge in [0.15, 0.2) is 0 Å². The Morgan fingerprint density at radius 1 is 0.684 bits per heavy atom. The van der Waals surface area contributed by atoms with Gasteiger partial charge in [0.05, 0.1) is 0 Å². The fraction of sp³-hybridized carbons (Fsp3) is 0. The van der Waals surface area contributed by atoms with Gasteiger partial charge in [-0.2, -0.15) is 0 Å². The van der Waals surface area contributed by atoms with Gasteiger partial charge in [-0.25, -0.2) is 3.63 Å². The van der Waals surface area contributed by atoms with Crippen LogP contribution in [0.15, 0.2) is 73.8 Å². The van der Waals surface area contributed by atoms with Crippen LogP contribution in [0.1, 0.15) is 11.1 Å². The van der Waals surface area contributed by atoms with E-state index in [1.165, 1.54) is 24.1 Å². The van der Waals surface area contributed by atoms with Crippen LogP contribution in [0.25, 0.3) is 9.81 Å². The van der Waals surface area contributed by atoms with Gasteiger partial charge in [0, 0.05) is 33.9 Å². The van der Waals surface area contributed by atoms with Crippen molar-refractivity contribution in [2.45, 2.75) is 0 Å². The maximum Gasteiger partial charge on any atom is 0.0447 e. The summed E-state index contributed by atoms with van der Waals surface area (Å²) in [7, 11) is 0. The molecule has 0 aliphatic rings. The summed E-state index contributed by atoms with van der Waals surface area (Å²) in [4.78, 5) is 1.77. The average molecular weight is 286 g/mol. The Labute approximate surface area is 122 Å². The third kappa shape index (κ3) is 4.31. The molecule has 0 atom stereocenters. The van der Waals surface area contributed by atoms with Crippen molar-refractivity contribution in [3.05, 3.63) is 84.9 Å². The molecule has 0 aliphatic heterocycles. The molecule has 0 bridgehead atoms. The maximum absolute atomic E-state index is 5.50. The second-order valence-corrected chi connectivity index (χ2v) is 5.68. The number of rotatable bonds is 6. The molecule has 96 valence electrons. The van der Waals surface area contributed by atoms with Crippen LogP contribution in [-0.2, 0) is 3.63 Å². The van der Waals surface area contributed by atoms with Crippen molar-refractivity contribution in [1.29, 1.82) is 0 Å². The van der Waals surface area contributed by atoms with E-state index >= 15 is 0 Å². The zero-order valence-corrected chi connectivity index (χ0v) is 12.0. The molecule has 0 heterocycles. The molecule has 0 fully saturated rings. The van der Waals surface area contributed by atoms with E-state index in [1.54, 1.807) is 0 Å². The first-order valence-electron chi connectivity index (χ1n) is 5.77. The minimum absolute atomic E-state index is 0.883. The lowest BCUT2D eigenvalue weighted by atomic mass is 10.2. The summed E-state index contributed by atoms with van der Waals surface area (Å²) in [5.41, 5.74) is 2.14. The highest BCUT2D eigenvalue weighted by atomic mass is 32.2. The van der Waals surface area contributed by atoms with Gasteiger partial charge >= 0.3 is 0 Å². The van der Waals surface area contributed by atoms with Crippen LogP contribution in [0.3, 0.4) is 0 Å². The second-order valence-electron chi connectivity index (χ2n) is 3.81. The molecule has 0 aliphatic carbocycles. The summed E-state index contributed by atoms with van der Waals surface area (Å²) in [6.45, 7) is 7.98. The summed E-state index contributed by atoms with van der Waals surface area (Å²) in [6, 6.07) is 19.9. The van der Waals surface area contributed by atoms with Crippen LogP contribution in [0, 0.1) is 0 Å². The fourth-order valence-electron chi connectivity index (χ4n) is 1.44. The van der Waals surface area contributed by atoms with Gasteiger partial charge in [-0.05, 0) is 11.1 Å². The van der Waals surface area contributed by atoms with Gasteiger partial charge in [0.1, 0.15) is 0 Å². The van der Waals surface area contributed by atoms with E-state index in [4.69, 9.17) is 3.63 Å². The summed E-state index contributed by atoms with van der Waals surface area (Å²) in [5, 5.41) is 0. The molecule has 0 N–H and O–H groups in total. The van der Waals surface area contributed by atoms with E-state index in [0.717, 1.165) is 20.9 Å². The average Bonchev–Trinajstić information content (AvgIpc) is 2.49. The van der Waals surface area contributed by atoms with Crippen molar-refractivity contribution in [3.63, 3.8) is 0 Å². The Balaban J connectivity index is 1.81. The summed E-state index contributed by atoms with van der Waals surface area (Å²) >= 11 is 2.52. The Hall–Kier alpha value is -1.42. The van der Waals surface area contributed by atoms with Crippen molar-refractivity contribution < 1.29 is 3.63 Å². The minimum atomic E-state index is 0.883. The lowest BCUT2D eigenvalue weighted by Gasteiger charge is -2.06. The van der Waals surface area contributed by atoms with Gasteiger partial charge in [0.2, 0.25) is 0 Å². The Morgan fingerprint density at radius 3 is 1.42 bits per heavy atom. The van der Waals surface area contributed by atoms with Crippen LogP contribution in [0.4, 0.5) is 0 Å². The first-order chi connectivity index (χ1) is 9.27. The molecule has 0 radical (unpaired) electrons. The molecule has 0 amide bonds. The molecule has 0 unspecified atom stereocenters. The van der Waals surface area contributed by atoms with Crippen LogP contribution in [-0.4, -0.2) is 0 Å². The van der Waals surface area contributed by atoms with E-state index in [9.17, 15) is 0 Å². The van der Waals surface area contributed by atoms with Crippen LogP contribution in [0.5, 0.6) is 0 Å². The zero-order valence-electron chi connectivity index (χ0n) is 10.4. The predicted molar refractivity (Wildman–Crippen MR) is 87.2 cm³/mol. The first kappa shape index (κ1) is 14.0. The summed E-state index contributed by atoms with van der Waals surface area (Å²) < 4.78 is 5.50. The smallest absolute Gasteiger partial charge is 0.0447 e. The lowest BCUT2D eigenvalue weighted by Crippen LogP contribution is -1.79. The lowest BCUT2D eigenvalue weighted by molar-refractivity contribution is 0.776. The molecule has 19 heavy (non-hydrogen) atoms. The Bertz CT molecular complexity index is 498. The van der Waals surface area contributed by atoms with Crippen molar-refractivity contribution >= 4 is 33.9 Å². The molecule has 0 saturated heterocycles. The van der Waals surface area contributed by atoms with Gasteiger partial charge in [-0.3, -0.25) is 0 Å². The SMILES string of the molecule is C=C(SOSC(=C)c1ccccc1)c1ccccc1. The first-order valence-corrected chi connectivity index (χ1v) is 7.25. The van der Waals surface area contributed by atoms with Crippen LogP contribution < -0.4 is 0 Å². The maximum atomic E-state index is 5.50. The van der Waals surface area contributed by atoms with Gasteiger partial charge in [0.25, 0.3) is 0 Å². The zero-order chi connectivity index (χ0) is 13.5. The quantitative estimate of drug-likeness (QED) is 0.636. The Kier molecular flexibility index (Phi) is 5.33. The van der Waals surface area contributed by atoms with Crippen molar-refractivity contribution in [2.75, 3.05) is 0 Å². The molecule has 2 aromatic carbocycles. The fourth-order valence-corrected chi connectivity index (χ4v) is 2.70. The van der Waals surface area contributed by atoms with Crippen molar-refractivity contribution in [2.24, 2.45) is 0 Å². The normalized spacial score (nSPS) is 10.1. The number of benzene rings is 2. The second kappa shape index (κ2) is 7.24. The van der Waals surface area contributed by atoms with Gasteiger partial charge in [-0.1, -0.05) is 73.8 Å². The highest BCUT2D eigenvalue weighted by molar-refractivity contribution is 8.16. The van der Waals surface area contributed by atoms with E-state index in [2.05, 4.69) is 13.2 Å². The largest absolute Gasteiger partial charge is 0.237 e. The summed E-state index contributed by atoms with van der Waals surface area (Å²) in [5.74, 6) is 0. The third-order valence-corrected chi connectivity index (χ3v) is 3.88. The molecule has 2 rings (SSSR count). The molecule has 0 aromatic heterocycles. The third-order valence-electron chi connectivity index (χ3n) is 2.46. The molecule has 2 aromatic rings. The number of hydrogen-bond acceptors (Lipinski definition) is 3. The van der Waals surface area contributed by atoms with Crippen LogP contribution in [0.2, 0.25) is 0 Å². The van der Waals surface area contributed by atoms with Gasteiger partial charge < -0.3 is 0 Å².